The first-order valence-electron chi connectivity index (χ1n) is 6.90. The molecule has 0 N–H and O–H groups in total. The van der Waals surface area contributed by atoms with Crippen LogP contribution in [0.15, 0.2) is 12.3 Å². The highest BCUT2D eigenvalue weighted by Crippen LogP contribution is 2.20. The largest absolute Gasteiger partial charge is 0.374 e. The number of hydrogen-bond acceptors (Lipinski definition) is 2. The molecule has 0 aromatic heterocycles. The summed E-state index contributed by atoms with van der Waals surface area (Å²) < 4.78 is 0. The lowest BCUT2D eigenvalue weighted by molar-refractivity contribution is -0.134. The molecule has 0 aromatic carbocycles. The Hall–Kier alpha value is -0.990. The maximum atomic E-state index is 12.2. The third kappa shape index (κ3) is 3.02. The van der Waals surface area contributed by atoms with Crippen molar-refractivity contribution in [2.24, 2.45) is 5.92 Å². The minimum Gasteiger partial charge on any atom is -0.374 e. The molecule has 2 aliphatic rings. The molecule has 1 amide bonds. The number of likely N-dealkylation sites (tertiary alicyclic amines) is 2. The fourth-order valence-corrected chi connectivity index (χ4v) is 2.81. The molecule has 3 nitrogen and oxygen atoms in total. The van der Waals surface area contributed by atoms with Crippen molar-refractivity contribution in [3.8, 4) is 0 Å². The van der Waals surface area contributed by atoms with Crippen LogP contribution in [0.5, 0.6) is 0 Å². The van der Waals surface area contributed by atoms with E-state index in [1.54, 1.807) is 0 Å². The van der Waals surface area contributed by atoms with Crippen molar-refractivity contribution in [2.45, 2.75) is 39.0 Å². The molecule has 0 aromatic rings. The van der Waals surface area contributed by atoms with Crippen molar-refractivity contribution >= 4 is 5.91 Å². The average molecular weight is 236 g/mol. The van der Waals surface area contributed by atoms with Gasteiger partial charge in [0.1, 0.15) is 0 Å². The van der Waals surface area contributed by atoms with Gasteiger partial charge in [-0.15, -0.1) is 0 Å². The molecule has 17 heavy (non-hydrogen) atoms. The van der Waals surface area contributed by atoms with Gasteiger partial charge in [0.2, 0.25) is 5.91 Å². The van der Waals surface area contributed by atoms with E-state index in [1.807, 2.05) is 4.90 Å². The Kier molecular flexibility index (Phi) is 4.08. The molecule has 96 valence electrons. The second-order valence-electron chi connectivity index (χ2n) is 5.42. The van der Waals surface area contributed by atoms with Crippen molar-refractivity contribution in [1.29, 1.82) is 0 Å². The van der Waals surface area contributed by atoms with Crippen LogP contribution in [0, 0.1) is 5.92 Å². The maximum Gasteiger partial charge on any atom is 0.225 e. The van der Waals surface area contributed by atoms with E-state index in [4.69, 9.17) is 0 Å². The summed E-state index contributed by atoms with van der Waals surface area (Å²) in [5, 5.41) is 0. The molecule has 0 aliphatic carbocycles. The van der Waals surface area contributed by atoms with Crippen LogP contribution < -0.4 is 0 Å². The summed E-state index contributed by atoms with van der Waals surface area (Å²) >= 11 is 0. The van der Waals surface area contributed by atoms with Crippen LogP contribution in [-0.4, -0.2) is 41.9 Å². The van der Waals surface area contributed by atoms with Crippen LogP contribution in [0.4, 0.5) is 0 Å². The lowest BCUT2D eigenvalue weighted by Gasteiger charge is -2.28. The summed E-state index contributed by atoms with van der Waals surface area (Å²) in [6.07, 6.45) is 5.90. The van der Waals surface area contributed by atoms with Gasteiger partial charge in [-0.05, 0) is 25.7 Å². The van der Waals surface area contributed by atoms with Crippen LogP contribution >= 0.6 is 0 Å². The number of carbonyl (C=O) groups is 1. The van der Waals surface area contributed by atoms with E-state index in [1.165, 1.54) is 19.3 Å². The van der Waals surface area contributed by atoms with E-state index in [9.17, 15) is 4.79 Å². The highest BCUT2D eigenvalue weighted by Gasteiger charge is 2.25. The topological polar surface area (TPSA) is 23.6 Å². The average Bonchev–Trinajstić information content (AvgIpc) is 2.80. The number of hydrogen-bond donors (Lipinski definition) is 0. The smallest absolute Gasteiger partial charge is 0.225 e. The number of carbonyl (C=O) groups excluding carboxylic acids is 1. The molecule has 3 heteroatoms. The molecule has 0 spiro atoms. The predicted molar refractivity (Wildman–Crippen MR) is 69.5 cm³/mol. The third-order valence-corrected chi connectivity index (χ3v) is 3.98. The highest BCUT2D eigenvalue weighted by atomic mass is 16.2. The van der Waals surface area contributed by atoms with E-state index in [0.717, 1.165) is 44.7 Å². The first-order valence-corrected chi connectivity index (χ1v) is 6.90. The van der Waals surface area contributed by atoms with Crippen LogP contribution in [-0.2, 0) is 4.79 Å². The molecule has 0 bridgehead atoms. The zero-order chi connectivity index (χ0) is 12.3. The van der Waals surface area contributed by atoms with E-state index >= 15 is 0 Å². The van der Waals surface area contributed by atoms with Crippen molar-refractivity contribution < 1.29 is 4.79 Å². The van der Waals surface area contributed by atoms with Crippen molar-refractivity contribution in [1.82, 2.24) is 9.80 Å². The van der Waals surface area contributed by atoms with Crippen molar-refractivity contribution in [2.75, 3.05) is 26.2 Å². The van der Waals surface area contributed by atoms with Gasteiger partial charge in [0.05, 0.1) is 6.54 Å². The molecule has 1 unspecified atom stereocenters. The van der Waals surface area contributed by atoms with Crippen LogP contribution in [0.1, 0.15) is 39.0 Å². The molecule has 2 rings (SSSR count). The Morgan fingerprint density at radius 3 is 2.59 bits per heavy atom. The molecule has 2 heterocycles. The van der Waals surface area contributed by atoms with Gasteiger partial charge in [0, 0.05) is 31.2 Å². The Morgan fingerprint density at radius 2 is 1.88 bits per heavy atom. The summed E-state index contributed by atoms with van der Waals surface area (Å²) in [7, 11) is 0. The summed E-state index contributed by atoms with van der Waals surface area (Å²) in [4.78, 5) is 16.5. The summed E-state index contributed by atoms with van der Waals surface area (Å²) in [5.74, 6) is 0.520. The van der Waals surface area contributed by atoms with Gasteiger partial charge < -0.3 is 9.80 Å². The minimum absolute atomic E-state index is 0.198. The van der Waals surface area contributed by atoms with Crippen LogP contribution in [0.25, 0.3) is 0 Å². The number of amides is 1. The zero-order valence-electron chi connectivity index (χ0n) is 11.0. The van der Waals surface area contributed by atoms with Gasteiger partial charge >= 0.3 is 0 Å². The molecule has 2 aliphatic heterocycles. The van der Waals surface area contributed by atoms with Gasteiger partial charge in [-0.3, -0.25) is 4.79 Å². The summed E-state index contributed by atoms with van der Waals surface area (Å²) in [6.45, 7) is 10.1. The molecule has 2 fully saturated rings. The van der Waals surface area contributed by atoms with Gasteiger partial charge in [-0.25, -0.2) is 0 Å². The lowest BCUT2D eigenvalue weighted by Crippen LogP contribution is -2.38. The Morgan fingerprint density at radius 1 is 1.24 bits per heavy atom. The van der Waals surface area contributed by atoms with Crippen molar-refractivity contribution in [3.05, 3.63) is 12.3 Å². The Bertz CT molecular complexity index is 295. The first-order chi connectivity index (χ1) is 8.18. The third-order valence-electron chi connectivity index (χ3n) is 3.98. The minimum atomic E-state index is 0.198. The van der Waals surface area contributed by atoms with E-state index in [0.29, 0.717) is 5.91 Å². The highest BCUT2D eigenvalue weighted by molar-refractivity contribution is 5.78. The van der Waals surface area contributed by atoms with Gasteiger partial charge in [-0.2, -0.15) is 0 Å². The van der Waals surface area contributed by atoms with Gasteiger partial charge in [-0.1, -0.05) is 19.9 Å². The van der Waals surface area contributed by atoms with Crippen LogP contribution in [0.3, 0.4) is 0 Å². The second kappa shape index (κ2) is 5.56. The SMILES string of the molecule is C=C(CN1CCCCC(C)C1=O)N1CCCC1. The predicted octanol–water partition coefficient (Wildman–Crippen LogP) is 2.24. The van der Waals surface area contributed by atoms with Gasteiger partial charge in [0.25, 0.3) is 0 Å². The summed E-state index contributed by atoms with van der Waals surface area (Å²) in [6, 6.07) is 0. The van der Waals surface area contributed by atoms with E-state index < -0.39 is 0 Å². The monoisotopic (exact) mass is 236 g/mol. The fourth-order valence-electron chi connectivity index (χ4n) is 2.81. The molecule has 0 saturated carbocycles. The lowest BCUT2D eigenvalue weighted by atomic mass is 10.1. The van der Waals surface area contributed by atoms with Crippen LogP contribution in [0.2, 0.25) is 0 Å². The molecular formula is C14H24N2O. The van der Waals surface area contributed by atoms with E-state index in [-0.39, 0.29) is 5.92 Å². The van der Waals surface area contributed by atoms with E-state index in [2.05, 4.69) is 18.4 Å². The quantitative estimate of drug-likeness (QED) is 0.750. The number of nitrogens with zero attached hydrogens (tertiary/aromatic N) is 2. The molecular weight excluding hydrogens is 212 g/mol. The normalized spacial score (nSPS) is 26.2. The summed E-state index contributed by atoms with van der Waals surface area (Å²) in [5.41, 5.74) is 1.13. The second-order valence-corrected chi connectivity index (χ2v) is 5.42. The molecule has 0 radical (unpaired) electrons. The molecule has 1 atom stereocenters. The standard InChI is InChI=1S/C14H24N2O/c1-12-7-3-4-10-16(14(12)17)11-13(2)15-8-5-6-9-15/h12H,2-11H2,1H3. The zero-order valence-corrected chi connectivity index (χ0v) is 11.0. The molecule has 2 saturated heterocycles. The first kappa shape index (κ1) is 12.5. The van der Waals surface area contributed by atoms with Gasteiger partial charge in [0.15, 0.2) is 0 Å². The maximum absolute atomic E-state index is 12.2. The Balaban J connectivity index is 1.91. The number of rotatable bonds is 3. The van der Waals surface area contributed by atoms with Crippen molar-refractivity contribution in [3.63, 3.8) is 0 Å². The Labute approximate surface area is 104 Å². The fraction of sp³-hybridized carbons (Fsp3) is 0.786.